The lowest BCUT2D eigenvalue weighted by Crippen LogP contribution is -2.62. The minimum Gasteiger partial charge on any atom is -0.311 e. The molecule has 0 saturated carbocycles. The molecule has 9 rings (SSSR count). The first kappa shape index (κ1) is 34.2. The number of allylic oxidation sites excluding steroid dienone is 3. The normalized spacial score (nSPS) is 14.9. The van der Waals surface area contributed by atoms with Crippen LogP contribution in [0.3, 0.4) is 0 Å². The number of benzene rings is 6. The molecule has 0 N–H and O–H groups in total. The van der Waals surface area contributed by atoms with Gasteiger partial charge in [-0.15, -0.1) is 0 Å². The van der Waals surface area contributed by atoms with Crippen molar-refractivity contribution in [2.45, 2.75) is 72.1 Å². The molecule has 2 nitrogen and oxygen atoms in total. The van der Waals surface area contributed by atoms with E-state index in [4.69, 9.17) is 0 Å². The van der Waals surface area contributed by atoms with Gasteiger partial charge in [0.15, 0.2) is 0 Å². The highest BCUT2D eigenvalue weighted by Crippen LogP contribution is 2.48. The Kier molecular flexibility index (Phi) is 8.12. The largest absolute Gasteiger partial charge is 0.311 e. The molecule has 6 aromatic rings. The van der Waals surface area contributed by atoms with Crippen LogP contribution < -0.4 is 26.2 Å². The lowest BCUT2D eigenvalue weighted by Gasteiger charge is -2.46. The third-order valence-electron chi connectivity index (χ3n) is 11.6. The van der Waals surface area contributed by atoms with Crippen LogP contribution in [-0.2, 0) is 10.8 Å². The van der Waals surface area contributed by atoms with Crippen LogP contribution in [0.25, 0.3) is 16.7 Å². The van der Waals surface area contributed by atoms with Crippen LogP contribution in [0.2, 0.25) is 0 Å². The summed E-state index contributed by atoms with van der Waals surface area (Å²) < 4.78 is 0. The van der Waals surface area contributed by atoms with E-state index in [0.717, 1.165) is 12.8 Å². The fourth-order valence-electron chi connectivity index (χ4n) is 8.88. The monoisotopic (exact) mass is 700 g/mol. The summed E-state index contributed by atoms with van der Waals surface area (Å²) in [6, 6.07) is 50.3. The molecule has 54 heavy (non-hydrogen) atoms. The van der Waals surface area contributed by atoms with Crippen LogP contribution in [0.1, 0.15) is 76.6 Å². The lowest BCUT2D eigenvalue weighted by atomic mass is 9.33. The maximum atomic E-state index is 2.61. The van der Waals surface area contributed by atoms with E-state index in [9.17, 15) is 0 Å². The molecule has 0 saturated heterocycles. The van der Waals surface area contributed by atoms with Gasteiger partial charge in [0, 0.05) is 39.6 Å². The molecule has 0 fully saturated rings. The number of hydrogen-bond donors (Lipinski definition) is 0. The number of anilines is 5. The minimum atomic E-state index is -0.00271. The Hall–Kier alpha value is -5.54. The maximum absolute atomic E-state index is 2.61. The SMILES string of the molecule is Cc1cc2c3c(c1)N(c1ccccc1-c1ccccc1)c1ccc(C(C)(C)C)cc1B3c1cc(C(C)(C)C)ccc1N2C1=CCCC=C1c1ccccc1. The fraction of sp³-hybridized carbons (Fsp3) is 0.216. The zero-order valence-electron chi connectivity index (χ0n) is 32.7. The Bertz CT molecular complexity index is 2480. The quantitative estimate of drug-likeness (QED) is 0.169. The molecule has 2 heterocycles. The third-order valence-corrected chi connectivity index (χ3v) is 11.6. The molecule has 1 aliphatic carbocycles. The Labute approximate surface area is 322 Å². The summed E-state index contributed by atoms with van der Waals surface area (Å²) in [5, 5.41) is 0. The van der Waals surface area contributed by atoms with Crippen molar-refractivity contribution in [3.05, 3.63) is 174 Å². The van der Waals surface area contributed by atoms with Gasteiger partial charge >= 0.3 is 0 Å². The van der Waals surface area contributed by atoms with Crippen LogP contribution in [0.15, 0.2) is 151 Å². The van der Waals surface area contributed by atoms with E-state index in [0.29, 0.717) is 0 Å². The van der Waals surface area contributed by atoms with Gasteiger partial charge in [-0.2, -0.15) is 0 Å². The number of rotatable bonds is 4. The van der Waals surface area contributed by atoms with Gasteiger partial charge in [-0.3, -0.25) is 0 Å². The second-order valence-corrected chi connectivity index (χ2v) is 17.4. The predicted molar refractivity (Wildman–Crippen MR) is 234 cm³/mol. The highest BCUT2D eigenvalue weighted by atomic mass is 15.2. The van der Waals surface area contributed by atoms with Gasteiger partial charge in [-0.25, -0.2) is 0 Å². The van der Waals surface area contributed by atoms with Gasteiger partial charge in [0.05, 0.1) is 5.69 Å². The zero-order chi connectivity index (χ0) is 37.4. The van der Waals surface area contributed by atoms with Crippen molar-refractivity contribution in [3.8, 4) is 11.1 Å². The molecule has 0 spiro atoms. The third kappa shape index (κ3) is 5.64. The molecule has 3 heteroatoms. The Morgan fingerprint density at radius 1 is 0.481 bits per heavy atom. The van der Waals surface area contributed by atoms with Crippen molar-refractivity contribution in [1.82, 2.24) is 0 Å². The average molecular weight is 701 g/mol. The maximum Gasteiger partial charge on any atom is 0.252 e. The number of nitrogens with zero attached hydrogens (tertiary/aromatic N) is 2. The Morgan fingerprint density at radius 3 is 1.61 bits per heavy atom. The van der Waals surface area contributed by atoms with Crippen molar-refractivity contribution in [1.29, 1.82) is 0 Å². The first-order valence-electron chi connectivity index (χ1n) is 19.6. The van der Waals surface area contributed by atoms with Crippen molar-refractivity contribution in [3.63, 3.8) is 0 Å². The summed E-state index contributed by atoms with van der Waals surface area (Å²) in [6.45, 7) is 16.4. The molecule has 0 atom stereocenters. The molecule has 3 aliphatic rings. The number of fused-ring (bicyclic) bond motifs is 4. The lowest BCUT2D eigenvalue weighted by molar-refractivity contribution is 0.590. The minimum absolute atomic E-state index is 0.000858. The smallest absolute Gasteiger partial charge is 0.252 e. The molecule has 0 amide bonds. The van der Waals surface area contributed by atoms with Crippen molar-refractivity contribution in [2.24, 2.45) is 0 Å². The van der Waals surface area contributed by atoms with Crippen molar-refractivity contribution >= 4 is 57.1 Å². The predicted octanol–water partition coefficient (Wildman–Crippen LogP) is 11.8. The van der Waals surface area contributed by atoms with Crippen molar-refractivity contribution in [2.75, 3.05) is 9.80 Å². The van der Waals surface area contributed by atoms with Crippen LogP contribution in [0.4, 0.5) is 28.4 Å². The van der Waals surface area contributed by atoms with E-state index in [2.05, 4.69) is 204 Å². The van der Waals surface area contributed by atoms with Gasteiger partial charge < -0.3 is 9.80 Å². The number of hydrogen-bond acceptors (Lipinski definition) is 2. The average Bonchev–Trinajstić information content (AvgIpc) is 3.17. The standard InChI is InChI=1S/C51H49BN2/c1-34-30-47-49-48(31-34)54(44-25-17-15-23-40(44)36-20-12-9-13-21-36)46-29-27-38(51(5,6)7)33-42(46)52(49)41-32-37(50(2,3)4)26-28-45(41)53(47)43-24-16-14-22-39(43)35-18-10-8-11-19-35/h8-14,16,18-33H,15,17H2,1-7H3. The molecule has 0 unspecified atom stereocenters. The van der Waals surface area contributed by atoms with Crippen LogP contribution in [0, 0.1) is 6.92 Å². The van der Waals surface area contributed by atoms with Crippen LogP contribution >= 0.6 is 0 Å². The summed E-state index contributed by atoms with van der Waals surface area (Å²) in [6.07, 6.45) is 6.99. The van der Waals surface area contributed by atoms with Crippen molar-refractivity contribution < 1.29 is 0 Å². The van der Waals surface area contributed by atoms with E-state index in [1.165, 1.54) is 89.5 Å². The second kappa shape index (κ2) is 12.8. The summed E-state index contributed by atoms with van der Waals surface area (Å²) in [5.74, 6) is 0. The Balaban J connectivity index is 1.39. The molecular formula is C51H49BN2. The van der Waals surface area contributed by atoms with Crippen LogP contribution in [0.5, 0.6) is 0 Å². The second-order valence-electron chi connectivity index (χ2n) is 17.4. The molecule has 6 aromatic carbocycles. The summed E-state index contributed by atoms with van der Waals surface area (Å²) in [4.78, 5) is 5.19. The molecule has 2 aliphatic heterocycles. The summed E-state index contributed by atoms with van der Waals surface area (Å²) >= 11 is 0. The first-order valence-corrected chi connectivity index (χ1v) is 19.6. The molecule has 0 radical (unpaired) electrons. The van der Waals surface area contributed by atoms with Gasteiger partial charge in [0.1, 0.15) is 0 Å². The molecular weight excluding hydrogens is 651 g/mol. The molecule has 0 aromatic heterocycles. The summed E-state index contributed by atoms with van der Waals surface area (Å²) in [7, 11) is 0. The van der Waals surface area contributed by atoms with E-state index < -0.39 is 0 Å². The van der Waals surface area contributed by atoms with Gasteiger partial charge in [-0.1, -0.05) is 157 Å². The highest BCUT2D eigenvalue weighted by Gasteiger charge is 2.45. The highest BCUT2D eigenvalue weighted by molar-refractivity contribution is 7.00. The molecule has 0 bridgehead atoms. The van der Waals surface area contributed by atoms with E-state index in [-0.39, 0.29) is 17.5 Å². The van der Waals surface area contributed by atoms with Gasteiger partial charge in [0.25, 0.3) is 6.71 Å². The van der Waals surface area contributed by atoms with Gasteiger partial charge in [0.2, 0.25) is 0 Å². The van der Waals surface area contributed by atoms with E-state index in [1.54, 1.807) is 0 Å². The van der Waals surface area contributed by atoms with Gasteiger partial charge in [-0.05, 0) is 105 Å². The number of aryl methyl sites for hydroxylation is 1. The number of para-hydroxylation sites is 1. The zero-order valence-corrected chi connectivity index (χ0v) is 32.7. The van der Waals surface area contributed by atoms with Crippen LogP contribution in [-0.4, -0.2) is 6.71 Å². The van der Waals surface area contributed by atoms with E-state index in [1.807, 2.05) is 0 Å². The molecule has 266 valence electrons. The Morgan fingerprint density at radius 2 is 1.00 bits per heavy atom. The van der Waals surface area contributed by atoms with E-state index >= 15 is 0 Å². The topological polar surface area (TPSA) is 6.48 Å². The fourth-order valence-corrected chi connectivity index (χ4v) is 8.88. The summed E-state index contributed by atoms with van der Waals surface area (Å²) in [5.41, 5.74) is 20.6. The first-order chi connectivity index (χ1) is 26.0.